The Morgan fingerprint density at radius 3 is 2.14 bits per heavy atom. The van der Waals surface area contributed by atoms with Gasteiger partial charge >= 0.3 is 5.97 Å². The van der Waals surface area contributed by atoms with Gasteiger partial charge in [-0.05, 0) is 12.8 Å². The Bertz CT molecular complexity index is 375. The molecule has 0 radical (unpaired) electrons. The maximum absolute atomic E-state index is 11.7. The molecule has 1 aliphatic heterocycles. The summed E-state index contributed by atoms with van der Waals surface area (Å²) in [6.07, 6.45) is 2.57. The maximum atomic E-state index is 11.7. The van der Waals surface area contributed by atoms with E-state index in [4.69, 9.17) is 9.47 Å². The zero-order chi connectivity index (χ0) is 15.9. The molecule has 2 amide bonds. The topological polar surface area (TPSA) is 82.1 Å². The molecule has 1 rings (SSSR count). The maximum Gasteiger partial charge on any atom is 0.305 e. The van der Waals surface area contributed by atoms with E-state index in [-0.39, 0.29) is 37.2 Å². The molecule has 7 heteroatoms. The van der Waals surface area contributed by atoms with Crippen molar-refractivity contribution in [2.24, 2.45) is 0 Å². The number of hydrogen-bond donors (Lipinski definition) is 0. The second-order valence-corrected chi connectivity index (χ2v) is 4.98. The number of carbonyl (C=O) groups excluding carboxylic acids is 3. The van der Waals surface area contributed by atoms with Crippen molar-refractivity contribution < 1.29 is 28.6 Å². The molecule has 0 saturated carbocycles. The molecule has 0 N–H and O–H groups in total. The number of amides is 2. The van der Waals surface area contributed by atoms with E-state index >= 15 is 0 Å². The van der Waals surface area contributed by atoms with Gasteiger partial charge in [-0.1, -0.05) is 0 Å². The molecule has 0 aromatic rings. The van der Waals surface area contributed by atoms with Crippen molar-refractivity contribution in [1.82, 2.24) is 4.90 Å². The van der Waals surface area contributed by atoms with Crippen molar-refractivity contribution in [3.63, 3.8) is 0 Å². The van der Waals surface area contributed by atoms with Gasteiger partial charge in [0.05, 0.1) is 13.7 Å². The van der Waals surface area contributed by atoms with E-state index < -0.39 is 5.79 Å². The fourth-order valence-corrected chi connectivity index (χ4v) is 2.30. The van der Waals surface area contributed by atoms with Gasteiger partial charge in [-0.25, -0.2) is 0 Å². The molecular weight excluding hydrogens is 278 g/mol. The molecule has 1 saturated heterocycles. The monoisotopic (exact) mass is 301 g/mol. The minimum Gasteiger partial charge on any atom is -0.469 e. The Labute approximate surface area is 124 Å². The first-order valence-corrected chi connectivity index (χ1v) is 6.98. The van der Waals surface area contributed by atoms with Gasteiger partial charge < -0.3 is 14.2 Å². The van der Waals surface area contributed by atoms with Crippen LogP contribution in [0, 0.1) is 0 Å². The number of ether oxygens (including phenoxy) is 3. The Morgan fingerprint density at radius 2 is 1.67 bits per heavy atom. The third kappa shape index (κ3) is 4.78. The first-order chi connectivity index (χ1) is 9.98. The molecule has 0 bridgehead atoms. The van der Waals surface area contributed by atoms with Crippen LogP contribution in [0.1, 0.15) is 38.5 Å². The number of nitrogens with zero attached hydrogens (tertiary/aromatic N) is 1. The highest BCUT2D eigenvalue weighted by atomic mass is 16.7. The Kier molecular flexibility index (Phi) is 6.77. The third-order valence-electron chi connectivity index (χ3n) is 3.71. The molecule has 1 fully saturated rings. The fraction of sp³-hybridized carbons (Fsp3) is 0.786. The number of rotatable bonds is 9. The summed E-state index contributed by atoms with van der Waals surface area (Å²) in [4.78, 5) is 35.6. The minimum absolute atomic E-state index is 0.0793. The quantitative estimate of drug-likeness (QED) is 0.272. The molecule has 21 heavy (non-hydrogen) atoms. The highest BCUT2D eigenvalue weighted by molar-refractivity contribution is 6.01. The lowest BCUT2D eigenvalue weighted by atomic mass is 10.1. The molecule has 120 valence electrons. The Hall–Kier alpha value is -1.47. The molecule has 0 spiro atoms. The van der Waals surface area contributed by atoms with Gasteiger partial charge in [0, 0.05) is 39.9 Å². The number of carbonyl (C=O) groups is 3. The molecule has 1 aliphatic rings. The SMILES string of the molecule is COC(=O)CCCCC(CN1C(=O)CCC1=O)(OC)OC. The van der Waals surface area contributed by atoms with Crippen molar-refractivity contribution in [1.29, 1.82) is 0 Å². The highest BCUT2D eigenvalue weighted by Gasteiger charge is 2.38. The van der Waals surface area contributed by atoms with Crippen LogP contribution in [0.3, 0.4) is 0 Å². The summed E-state index contributed by atoms with van der Waals surface area (Å²) in [6, 6.07) is 0. The van der Waals surface area contributed by atoms with Gasteiger partial charge in [0.25, 0.3) is 0 Å². The molecule has 0 unspecified atom stereocenters. The second kappa shape index (κ2) is 8.09. The molecule has 0 atom stereocenters. The van der Waals surface area contributed by atoms with Gasteiger partial charge in [0.15, 0.2) is 5.79 Å². The van der Waals surface area contributed by atoms with E-state index in [9.17, 15) is 14.4 Å². The first kappa shape index (κ1) is 17.6. The number of likely N-dealkylation sites (tertiary alicyclic amines) is 1. The standard InChI is InChI=1S/C14H23NO6/c1-19-13(18)6-4-5-9-14(20-2,21-3)10-15-11(16)7-8-12(15)17/h4-10H2,1-3H3. The van der Waals surface area contributed by atoms with Gasteiger partial charge in [-0.2, -0.15) is 0 Å². The summed E-state index contributed by atoms with van der Waals surface area (Å²) < 4.78 is 15.4. The van der Waals surface area contributed by atoms with E-state index in [1.54, 1.807) is 0 Å². The average molecular weight is 301 g/mol. The van der Waals surface area contributed by atoms with E-state index in [0.29, 0.717) is 25.7 Å². The van der Waals surface area contributed by atoms with Crippen LogP contribution in [0.5, 0.6) is 0 Å². The van der Waals surface area contributed by atoms with Crippen LogP contribution in [0.15, 0.2) is 0 Å². The van der Waals surface area contributed by atoms with E-state index in [2.05, 4.69) is 4.74 Å². The smallest absolute Gasteiger partial charge is 0.305 e. The number of unbranched alkanes of at least 4 members (excludes halogenated alkanes) is 1. The van der Waals surface area contributed by atoms with Crippen molar-refractivity contribution in [3.05, 3.63) is 0 Å². The summed E-state index contributed by atoms with van der Waals surface area (Å²) >= 11 is 0. The lowest BCUT2D eigenvalue weighted by molar-refractivity contribution is -0.220. The zero-order valence-electron chi connectivity index (χ0n) is 12.8. The van der Waals surface area contributed by atoms with Gasteiger partial charge in [0.1, 0.15) is 0 Å². The van der Waals surface area contributed by atoms with E-state index in [1.165, 1.54) is 26.2 Å². The fourth-order valence-electron chi connectivity index (χ4n) is 2.30. The van der Waals surface area contributed by atoms with Crippen LogP contribution in [0.4, 0.5) is 0 Å². The normalized spacial score (nSPS) is 15.7. The predicted molar refractivity (Wildman–Crippen MR) is 73.2 cm³/mol. The minimum atomic E-state index is -1.02. The summed E-state index contributed by atoms with van der Waals surface area (Å²) in [5.41, 5.74) is 0. The van der Waals surface area contributed by atoms with Crippen LogP contribution in [0.2, 0.25) is 0 Å². The van der Waals surface area contributed by atoms with Gasteiger partial charge in [-0.3, -0.25) is 19.3 Å². The van der Waals surface area contributed by atoms with E-state index in [1.807, 2.05) is 0 Å². The van der Waals surface area contributed by atoms with Crippen LogP contribution in [-0.4, -0.2) is 56.3 Å². The largest absolute Gasteiger partial charge is 0.469 e. The molecule has 0 aliphatic carbocycles. The van der Waals surface area contributed by atoms with Crippen molar-refractivity contribution in [2.45, 2.75) is 44.3 Å². The van der Waals surface area contributed by atoms with Crippen molar-refractivity contribution in [2.75, 3.05) is 27.9 Å². The summed E-state index contributed by atoms with van der Waals surface area (Å²) in [7, 11) is 4.31. The number of imide groups is 1. The third-order valence-corrected chi connectivity index (χ3v) is 3.71. The molecule has 7 nitrogen and oxygen atoms in total. The van der Waals surface area contributed by atoms with Crippen LogP contribution in [-0.2, 0) is 28.6 Å². The van der Waals surface area contributed by atoms with E-state index in [0.717, 1.165) is 0 Å². The summed E-state index contributed by atoms with van der Waals surface area (Å²) in [5.74, 6) is -1.69. The predicted octanol–water partition coefficient (Wildman–Crippen LogP) is 0.858. The number of esters is 1. The average Bonchev–Trinajstić information content (AvgIpc) is 2.81. The Balaban J connectivity index is 2.55. The lowest BCUT2D eigenvalue weighted by Gasteiger charge is -2.33. The molecule has 0 aromatic heterocycles. The van der Waals surface area contributed by atoms with Crippen LogP contribution in [0.25, 0.3) is 0 Å². The summed E-state index contributed by atoms with van der Waals surface area (Å²) in [5, 5.41) is 0. The molecule has 0 aromatic carbocycles. The lowest BCUT2D eigenvalue weighted by Crippen LogP contribution is -2.48. The van der Waals surface area contributed by atoms with Gasteiger partial charge in [0.2, 0.25) is 11.8 Å². The molecule has 1 heterocycles. The van der Waals surface area contributed by atoms with Crippen LogP contribution < -0.4 is 0 Å². The van der Waals surface area contributed by atoms with Gasteiger partial charge in [-0.15, -0.1) is 0 Å². The second-order valence-electron chi connectivity index (χ2n) is 4.98. The molecular formula is C14H23NO6. The summed E-state index contributed by atoms with van der Waals surface area (Å²) in [6.45, 7) is 0.0793. The number of methoxy groups -OCH3 is 3. The Morgan fingerprint density at radius 1 is 1.10 bits per heavy atom. The van der Waals surface area contributed by atoms with Crippen molar-refractivity contribution >= 4 is 17.8 Å². The zero-order valence-corrected chi connectivity index (χ0v) is 12.8. The van der Waals surface area contributed by atoms with Crippen molar-refractivity contribution in [3.8, 4) is 0 Å². The first-order valence-electron chi connectivity index (χ1n) is 6.98. The highest BCUT2D eigenvalue weighted by Crippen LogP contribution is 2.24. The van der Waals surface area contributed by atoms with Crippen LogP contribution >= 0.6 is 0 Å². The number of hydrogen-bond acceptors (Lipinski definition) is 6.